The molecule has 1 saturated heterocycles. The van der Waals surface area contributed by atoms with Crippen molar-refractivity contribution in [2.45, 2.75) is 38.4 Å². The van der Waals surface area contributed by atoms with Gasteiger partial charge in [-0.05, 0) is 40.2 Å². The van der Waals surface area contributed by atoms with Gasteiger partial charge in [0.05, 0.1) is 10.5 Å². The van der Waals surface area contributed by atoms with Gasteiger partial charge in [-0.25, -0.2) is 8.42 Å². The van der Waals surface area contributed by atoms with Crippen LogP contribution in [0.25, 0.3) is 0 Å². The van der Waals surface area contributed by atoms with E-state index in [-0.39, 0.29) is 5.75 Å². The fourth-order valence-corrected chi connectivity index (χ4v) is 2.38. The van der Waals surface area contributed by atoms with Crippen molar-refractivity contribution in [1.82, 2.24) is 5.32 Å². The fourth-order valence-electron chi connectivity index (χ4n) is 1.43. The maximum atomic E-state index is 11.8. The molecule has 15 heavy (non-hydrogen) atoms. The van der Waals surface area contributed by atoms with Crippen LogP contribution in [0.5, 0.6) is 0 Å². The zero-order valence-corrected chi connectivity index (χ0v) is 10.7. The lowest BCUT2D eigenvalue weighted by Gasteiger charge is -2.19. The summed E-state index contributed by atoms with van der Waals surface area (Å²) in [5.41, 5.74) is 1.23. The van der Waals surface area contributed by atoms with Crippen LogP contribution in [0.4, 0.5) is 0 Å². The summed E-state index contributed by atoms with van der Waals surface area (Å²) < 4.78 is 23.0. The maximum absolute atomic E-state index is 11.8. The molecule has 0 spiro atoms. The monoisotopic (exact) mass is 231 g/mol. The van der Waals surface area contributed by atoms with Gasteiger partial charge in [0, 0.05) is 6.54 Å². The average molecular weight is 231 g/mol. The number of hydrogen-bond acceptors (Lipinski definition) is 3. The van der Waals surface area contributed by atoms with Crippen LogP contribution in [0.2, 0.25) is 0 Å². The summed E-state index contributed by atoms with van der Waals surface area (Å²) >= 11 is 0. The van der Waals surface area contributed by atoms with Crippen molar-refractivity contribution < 1.29 is 8.42 Å². The highest BCUT2D eigenvalue weighted by atomic mass is 32.2. The second-order valence-electron chi connectivity index (χ2n) is 5.04. The van der Waals surface area contributed by atoms with E-state index in [0.29, 0.717) is 0 Å². The van der Waals surface area contributed by atoms with E-state index in [1.54, 1.807) is 20.8 Å². The van der Waals surface area contributed by atoms with E-state index in [2.05, 4.69) is 5.32 Å². The van der Waals surface area contributed by atoms with Gasteiger partial charge in [-0.15, -0.1) is 0 Å². The molecule has 4 heteroatoms. The van der Waals surface area contributed by atoms with Gasteiger partial charge in [0.25, 0.3) is 0 Å². The highest BCUT2D eigenvalue weighted by Gasteiger charge is 2.27. The first-order chi connectivity index (χ1) is 6.83. The molecule has 0 saturated carbocycles. The molecule has 0 bridgehead atoms. The van der Waals surface area contributed by atoms with Crippen molar-refractivity contribution in [1.29, 1.82) is 0 Å². The lowest BCUT2D eigenvalue weighted by Crippen LogP contribution is -2.30. The minimum atomic E-state index is -3.00. The van der Waals surface area contributed by atoms with Crippen LogP contribution in [-0.4, -0.2) is 32.0 Å². The standard InChI is InChI=1S/C11H21NO2S/c1-11(2,3)15(13,14)8-6-10-5-4-7-12-9-10/h6,12H,4-5,7-9H2,1-3H3/b10-6-. The molecule has 0 aromatic heterocycles. The second-order valence-corrected chi connectivity index (χ2v) is 7.82. The minimum Gasteiger partial charge on any atom is -0.313 e. The Bertz CT molecular complexity index is 328. The van der Waals surface area contributed by atoms with Crippen molar-refractivity contribution in [3.8, 4) is 0 Å². The number of piperidine rings is 1. The Hall–Kier alpha value is -0.350. The van der Waals surface area contributed by atoms with Crippen molar-refractivity contribution in [2.75, 3.05) is 18.8 Å². The van der Waals surface area contributed by atoms with E-state index in [4.69, 9.17) is 0 Å². The average Bonchev–Trinajstić information content (AvgIpc) is 2.15. The van der Waals surface area contributed by atoms with Gasteiger partial charge >= 0.3 is 0 Å². The molecule has 1 aliphatic heterocycles. The van der Waals surface area contributed by atoms with E-state index < -0.39 is 14.6 Å². The van der Waals surface area contributed by atoms with Crippen molar-refractivity contribution in [3.05, 3.63) is 11.6 Å². The number of nitrogens with one attached hydrogen (secondary N) is 1. The molecule has 0 aliphatic carbocycles. The molecule has 88 valence electrons. The first-order valence-corrected chi connectivity index (χ1v) is 7.09. The molecular formula is C11H21NO2S. The Morgan fingerprint density at radius 1 is 1.40 bits per heavy atom. The zero-order chi connectivity index (χ0) is 11.5. The van der Waals surface area contributed by atoms with Crippen molar-refractivity contribution in [3.63, 3.8) is 0 Å². The lowest BCUT2D eigenvalue weighted by atomic mass is 10.1. The van der Waals surface area contributed by atoms with E-state index in [1.807, 2.05) is 6.08 Å². The molecule has 1 aliphatic rings. The van der Waals surface area contributed by atoms with Crippen LogP contribution in [-0.2, 0) is 9.84 Å². The molecule has 1 rings (SSSR count). The third kappa shape index (κ3) is 3.61. The minimum absolute atomic E-state index is 0.174. The molecule has 0 radical (unpaired) electrons. The highest BCUT2D eigenvalue weighted by molar-refractivity contribution is 7.92. The SMILES string of the molecule is CC(C)(C)S(=O)(=O)C/C=C1/CCCNC1. The van der Waals surface area contributed by atoms with Crippen molar-refractivity contribution in [2.24, 2.45) is 0 Å². The van der Waals surface area contributed by atoms with Crippen LogP contribution < -0.4 is 5.32 Å². The second kappa shape index (κ2) is 4.66. The first kappa shape index (κ1) is 12.7. The summed E-state index contributed by atoms with van der Waals surface area (Å²) in [6.07, 6.45) is 4.03. The van der Waals surface area contributed by atoms with E-state index >= 15 is 0 Å². The Morgan fingerprint density at radius 3 is 2.53 bits per heavy atom. The molecular weight excluding hydrogens is 210 g/mol. The summed E-state index contributed by atoms with van der Waals surface area (Å²) in [7, 11) is -3.00. The van der Waals surface area contributed by atoms with Gasteiger partial charge in [-0.1, -0.05) is 11.6 Å². The largest absolute Gasteiger partial charge is 0.313 e. The predicted molar refractivity (Wildman–Crippen MR) is 63.7 cm³/mol. The zero-order valence-electron chi connectivity index (χ0n) is 9.84. The smallest absolute Gasteiger partial charge is 0.158 e. The number of sulfone groups is 1. The van der Waals surface area contributed by atoms with Crippen LogP contribution in [0.3, 0.4) is 0 Å². The van der Waals surface area contributed by atoms with Gasteiger partial charge < -0.3 is 5.32 Å². The summed E-state index contributed by atoms with van der Waals surface area (Å²) in [5.74, 6) is 0.174. The summed E-state index contributed by atoms with van der Waals surface area (Å²) in [4.78, 5) is 0. The van der Waals surface area contributed by atoms with Crippen LogP contribution >= 0.6 is 0 Å². The molecule has 1 heterocycles. The lowest BCUT2D eigenvalue weighted by molar-refractivity contribution is 0.562. The van der Waals surface area contributed by atoms with Crippen molar-refractivity contribution >= 4 is 9.84 Å². The van der Waals surface area contributed by atoms with Crippen LogP contribution in [0.15, 0.2) is 11.6 Å². The number of hydrogen-bond donors (Lipinski definition) is 1. The molecule has 0 aromatic carbocycles. The quantitative estimate of drug-likeness (QED) is 0.733. The molecule has 0 amide bonds. The summed E-state index contributed by atoms with van der Waals surface area (Å²) in [5, 5.41) is 3.25. The Morgan fingerprint density at radius 2 is 2.07 bits per heavy atom. The fraction of sp³-hybridized carbons (Fsp3) is 0.818. The number of rotatable bonds is 2. The first-order valence-electron chi connectivity index (χ1n) is 5.44. The highest BCUT2D eigenvalue weighted by Crippen LogP contribution is 2.17. The van der Waals surface area contributed by atoms with E-state index in [9.17, 15) is 8.42 Å². The van der Waals surface area contributed by atoms with Gasteiger partial charge in [-0.2, -0.15) is 0 Å². The van der Waals surface area contributed by atoms with Crippen LogP contribution in [0, 0.1) is 0 Å². The molecule has 1 fully saturated rings. The Kier molecular flexibility index (Phi) is 3.95. The molecule has 0 unspecified atom stereocenters. The van der Waals surface area contributed by atoms with Crippen LogP contribution in [0.1, 0.15) is 33.6 Å². The third-order valence-corrected chi connectivity index (χ3v) is 5.20. The normalized spacial score (nSPS) is 21.9. The van der Waals surface area contributed by atoms with Gasteiger partial charge in [0.15, 0.2) is 9.84 Å². The Balaban J connectivity index is 2.63. The third-order valence-electron chi connectivity index (χ3n) is 2.73. The topological polar surface area (TPSA) is 46.2 Å². The van der Waals surface area contributed by atoms with Gasteiger partial charge in [-0.3, -0.25) is 0 Å². The maximum Gasteiger partial charge on any atom is 0.158 e. The predicted octanol–water partition coefficient (Wildman–Crippen LogP) is 1.51. The molecule has 0 aromatic rings. The molecule has 3 nitrogen and oxygen atoms in total. The van der Waals surface area contributed by atoms with Gasteiger partial charge in [0.1, 0.15) is 0 Å². The molecule has 1 N–H and O–H groups in total. The van der Waals surface area contributed by atoms with Gasteiger partial charge in [0.2, 0.25) is 0 Å². The Labute approximate surface area is 92.9 Å². The summed E-state index contributed by atoms with van der Waals surface area (Å²) in [6, 6.07) is 0. The van der Waals surface area contributed by atoms with E-state index in [0.717, 1.165) is 25.9 Å². The van der Waals surface area contributed by atoms with E-state index in [1.165, 1.54) is 5.57 Å². The summed E-state index contributed by atoms with van der Waals surface area (Å²) in [6.45, 7) is 7.14. The molecule has 0 atom stereocenters.